The van der Waals surface area contributed by atoms with Crippen LogP contribution in [0.4, 0.5) is 0 Å². The van der Waals surface area contributed by atoms with Gasteiger partial charge in [0.1, 0.15) is 0 Å². The van der Waals surface area contributed by atoms with Gasteiger partial charge in [-0.15, -0.1) is 0 Å². The molecule has 1 fully saturated rings. The van der Waals surface area contributed by atoms with Gasteiger partial charge in [-0.2, -0.15) is 11.3 Å². The van der Waals surface area contributed by atoms with Gasteiger partial charge in [0.2, 0.25) is 0 Å². The Labute approximate surface area is 150 Å². The smallest absolute Gasteiger partial charge is 0.254 e. The molecule has 25 heavy (non-hydrogen) atoms. The third kappa shape index (κ3) is 3.03. The number of thiophene rings is 1. The van der Waals surface area contributed by atoms with Gasteiger partial charge in [-0.1, -0.05) is 36.4 Å². The number of benzene rings is 2. The number of fused-ring (bicyclic) bond motifs is 1. The summed E-state index contributed by atoms with van der Waals surface area (Å²) in [6.07, 6.45) is 0. The molecule has 0 spiro atoms. The molecule has 126 valence electrons. The van der Waals surface area contributed by atoms with Gasteiger partial charge in [0.15, 0.2) is 0 Å². The summed E-state index contributed by atoms with van der Waals surface area (Å²) in [6.45, 7) is 2.28. The molecule has 1 aliphatic heterocycles. The lowest BCUT2D eigenvalue weighted by Crippen LogP contribution is -2.50. The molecule has 0 unspecified atom stereocenters. The van der Waals surface area contributed by atoms with Crippen molar-refractivity contribution < 1.29 is 9.59 Å². The molecule has 0 saturated carbocycles. The van der Waals surface area contributed by atoms with Crippen LogP contribution in [0.5, 0.6) is 0 Å². The highest BCUT2D eigenvalue weighted by molar-refractivity contribution is 7.08. The van der Waals surface area contributed by atoms with E-state index >= 15 is 0 Å². The molecule has 2 aromatic carbocycles. The van der Waals surface area contributed by atoms with E-state index in [1.54, 1.807) is 0 Å². The fraction of sp³-hybridized carbons (Fsp3) is 0.200. The van der Waals surface area contributed by atoms with Gasteiger partial charge >= 0.3 is 0 Å². The number of carbonyl (C=O) groups is 2. The zero-order valence-electron chi connectivity index (χ0n) is 13.7. The van der Waals surface area contributed by atoms with Gasteiger partial charge in [-0.25, -0.2) is 0 Å². The van der Waals surface area contributed by atoms with Gasteiger partial charge in [0.05, 0.1) is 5.56 Å². The van der Waals surface area contributed by atoms with Crippen LogP contribution in [-0.4, -0.2) is 47.8 Å². The Balaban J connectivity index is 1.49. The second-order valence-corrected chi connectivity index (χ2v) is 6.90. The molecule has 4 nitrogen and oxygen atoms in total. The summed E-state index contributed by atoms with van der Waals surface area (Å²) in [4.78, 5) is 29.0. The van der Waals surface area contributed by atoms with Gasteiger partial charge in [0, 0.05) is 37.1 Å². The zero-order chi connectivity index (χ0) is 17.2. The SMILES string of the molecule is O=C(c1ccsc1)N1CCN(C(=O)c2cccc3ccccc23)CC1. The van der Waals surface area contributed by atoms with Crippen molar-refractivity contribution in [2.75, 3.05) is 26.2 Å². The number of nitrogens with zero attached hydrogens (tertiary/aromatic N) is 2. The second kappa shape index (κ2) is 6.69. The number of hydrogen-bond donors (Lipinski definition) is 0. The van der Waals surface area contributed by atoms with Crippen molar-refractivity contribution in [2.24, 2.45) is 0 Å². The highest BCUT2D eigenvalue weighted by Gasteiger charge is 2.26. The van der Waals surface area contributed by atoms with E-state index in [-0.39, 0.29) is 11.8 Å². The summed E-state index contributed by atoms with van der Waals surface area (Å²) in [5.74, 6) is 0.0953. The molecule has 0 aliphatic carbocycles. The van der Waals surface area contributed by atoms with Crippen LogP contribution in [0.15, 0.2) is 59.3 Å². The standard InChI is InChI=1S/C20H18N2O2S/c23-19(16-8-13-25-14-16)21-9-11-22(12-10-21)20(24)18-7-3-5-15-4-1-2-6-17(15)18/h1-8,13-14H,9-12H2. The fourth-order valence-corrected chi connectivity index (χ4v) is 3.89. The predicted octanol–water partition coefficient (Wildman–Crippen LogP) is 3.50. The maximum Gasteiger partial charge on any atom is 0.254 e. The van der Waals surface area contributed by atoms with Crippen LogP contribution in [0.1, 0.15) is 20.7 Å². The van der Waals surface area contributed by atoms with Crippen molar-refractivity contribution in [3.05, 3.63) is 70.4 Å². The number of amides is 2. The Morgan fingerprint density at radius 2 is 1.48 bits per heavy atom. The monoisotopic (exact) mass is 350 g/mol. The van der Waals surface area contributed by atoms with E-state index in [4.69, 9.17) is 0 Å². The van der Waals surface area contributed by atoms with Crippen molar-refractivity contribution in [1.82, 2.24) is 9.80 Å². The van der Waals surface area contributed by atoms with E-state index in [2.05, 4.69) is 0 Å². The predicted molar refractivity (Wildman–Crippen MR) is 100 cm³/mol. The van der Waals surface area contributed by atoms with E-state index in [9.17, 15) is 9.59 Å². The van der Waals surface area contributed by atoms with Gasteiger partial charge in [-0.05, 0) is 28.3 Å². The van der Waals surface area contributed by atoms with Crippen LogP contribution in [0, 0.1) is 0 Å². The van der Waals surface area contributed by atoms with Crippen LogP contribution < -0.4 is 0 Å². The minimum atomic E-state index is 0.0411. The number of carbonyl (C=O) groups excluding carboxylic acids is 2. The van der Waals surface area contributed by atoms with Crippen molar-refractivity contribution in [3.63, 3.8) is 0 Å². The average molecular weight is 350 g/mol. The van der Waals surface area contributed by atoms with E-state index in [1.165, 1.54) is 11.3 Å². The van der Waals surface area contributed by atoms with Gasteiger partial charge in [0.25, 0.3) is 11.8 Å². The summed E-state index contributed by atoms with van der Waals surface area (Å²) in [5.41, 5.74) is 1.47. The first-order chi connectivity index (χ1) is 12.2. The number of hydrogen-bond acceptors (Lipinski definition) is 3. The van der Waals surface area contributed by atoms with Crippen molar-refractivity contribution >= 4 is 33.9 Å². The van der Waals surface area contributed by atoms with Crippen molar-refractivity contribution in [3.8, 4) is 0 Å². The molecule has 2 heterocycles. The third-order valence-electron chi connectivity index (χ3n) is 4.64. The highest BCUT2D eigenvalue weighted by atomic mass is 32.1. The Morgan fingerprint density at radius 3 is 2.20 bits per heavy atom. The van der Waals surface area contributed by atoms with Gasteiger partial charge in [-0.3, -0.25) is 9.59 Å². The van der Waals surface area contributed by atoms with Crippen LogP contribution >= 0.6 is 11.3 Å². The minimum absolute atomic E-state index is 0.0411. The maximum atomic E-state index is 12.9. The third-order valence-corrected chi connectivity index (χ3v) is 5.33. The summed E-state index contributed by atoms with van der Waals surface area (Å²) >= 11 is 1.52. The zero-order valence-corrected chi connectivity index (χ0v) is 14.5. The Kier molecular flexibility index (Phi) is 4.24. The largest absolute Gasteiger partial charge is 0.335 e. The van der Waals surface area contributed by atoms with E-state index in [0.29, 0.717) is 26.2 Å². The molecule has 2 amide bonds. The van der Waals surface area contributed by atoms with E-state index < -0.39 is 0 Å². The molecule has 0 bridgehead atoms. The fourth-order valence-electron chi connectivity index (χ4n) is 3.26. The lowest BCUT2D eigenvalue weighted by atomic mass is 10.0. The lowest BCUT2D eigenvalue weighted by Gasteiger charge is -2.34. The average Bonchev–Trinajstić information content (AvgIpc) is 3.21. The molecular formula is C20H18N2O2S. The van der Waals surface area contributed by atoms with Crippen LogP contribution in [-0.2, 0) is 0 Å². The summed E-state index contributed by atoms with van der Waals surface area (Å²) in [7, 11) is 0. The first-order valence-corrected chi connectivity index (χ1v) is 9.27. The van der Waals surface area contributed by atoms with Crippen molar-refractivity contribution in [2.45, 2.75) is 0 Å². The molecule has 1 saturated heterocycles. The minimum Gasteiger partial charge on any atom is -0.335 e. The topological polar surface area (TPSA) is 40.6 Å². The first-order valence-electron chi connectivity index (χ1n) is 8.32. The van der Waals surface area contributed by atoms with Crippen LogP contribution in [0.3, 0.4) is 0 Å². The summed E-state index contributed by atoms with van der Waals surface area (Å²) in [6, 6.07) is 15.6. The Hall–Kier alpha value is -2.66. The highest BCUT2D eigenvalue weighted by Crippen LogP contribution is 2.21. The van der Waals surface area contributed by atoms with Crippen LogP contribution in [0.2, 0.25) is 0 Å². The maximum absolute atomic E-state index is 12.9. The van der Waals surface area contributed by atoms with Crippen LogP contribution in [0.25, 0.3) is 10.8 Å². The molecule has 0 N–H and O–H groups in total. The number of rotatable bonds is 2. The molecule has 5 heteroatoms. The normalized spacial score (nSPS) is 14.7. The quantitative estimate of drug-likeness (QED) is 0.710. The molecule has 1 aliphatic rings. The lowest BCUT2D eigenvalue weighted by molar-refractivity contribution is 0.0537. The molecular weight excluding hydrogens is 332 g/mol. The summed E-state index contributed by atoms with van der Waals surface area (Å²) < 4.78 is 0. The molecule has 4 rings (SSSR count). The van der Waals surface area contributed by atoms with Crippen molar-refractivity contribution in [1.29, 1.82) is 0 Å². The number of piperazine rings is 1. The summed E-state index contributed by atoms with van der Waals surface area (Å²) in [5, 5.41) is 5.83. The second-order valence-electron chi connectivity index (χ2n) is 6.12. The Morgan fingerprint density at radius 1 is 0.800 bits per heavy atom. The molecule has 0 atom stereocenters. The van der Waals surface area contributed by atoms with E-state index in [0.717, 1.165) is 21.9 Å². The molecule has 1 aromatic heterocycles. The molecule has 3 aromatic rings. The van der Waals surface area contributed by atoms with Gasteiger partial charge < -0.3 is 9.80 Å². The molecule has 0 radical (unpaired) electrons. The Bertz CT molecular complexity index is 907. The first kappa shape index (κ1) is 15.8. The van der Waals surface area contributed by atoms with E-state index in [1.807, 2.05) is 69.1 Å².